The lowest BCUT2D eigenvalue weighted by Crippen LogP contribution is -2.22. The van der Waals surface area contributed by atoms with Crippen LogP contribution in [0.25, 0.3) is 0 Å². The SMILES string of the molecule is CCc1ccc(S(=O)(=O)CC2c3cc(NC(=O)CCC4CCCC4)ccc3CC2O)cc1. The van der Waals surface area contributed by atoms with E-state index in [1.54, 1.807) is 12.1 Å². The van der Waals surface area contributed by atoms with Crippen LogP contribution in [0.15, 0.2) is 47.4 Å². The van der Waals surface area contributed by atoms with Gasteiger partial charge in [0.15, 0.2) is 9.84 Å². The van der Waals surface area contributed by atoms with Gasteiger partial charge in [0.1, 0.15) is 0 Å². The molecule has 5 nitrogen and oxygen atoms in total. The monoisotopic (exact) mass is 455 g/mol. The molecule has 2 N–H and O–H groups in total. The molecular formula is C26H33NO4S. The minimum absolute atomic E-state index is 0.00409. The van der Waals surface area contributed by atoms with Gasteiger partial charge in [0.2, 0.25) is 5.91 Å². The Balaban J connectivity index is 1.45. The first-order valence-corrected chi connectivity index (χ1v) is 13.4. The van der Waals surface area contributed by atoms with Gasteiger partial charge in [-0.25, -0.2) is 8.42 Å². The number of nitrogens with one attached hydrogen (secondary N) is 1. The van der Waals surface area contributed by atoms with Gasteiger partial charge in [0, 0.05) is 18.0 Å². The fourth-order valence-corrected chi connectivity index (χ4v) is 6.72. The first kappa shape index (κ1) is 23.0. The molecule has 2 aromatic rings. The molecule has 0 radical (unpaired) electrons. The highest BCUT2D eigenvalue weighted by atomic mass is 32.2. The maximum absolute atomic E-state index is 13.0. The quantitative estimate of drug-likeness (QED) is 0.608. The molecule has 2 aliphatic rings. The van der Waals surface area contributed by atoms with Crippen LogP contribution in [0, 0.1) is 5.92 Å². The number of rotatable bonds is 8. The van der Waals surface area contributed by atoms with Crippen LogP contribution in [0.2, 0.25) is 0 Å². The predicted molar refractivity (Wildman–Crippen MR) is 127 cm³/mol. The van der Waals surface area contributed by atoms with E-state index in [4.69, 9.17) is 0 Å². The van der Waals surface area contributed by atoms with Crippen molar-refractivity contribution in [2.75, 3.05) is 11.1 Å². The molecule has 6 heteroatoms. The van der Waals surface area contributed by atoms with Crippen molar-refractivity contribution in [3.8, 4) is 0 Å². The summed E-state index contributed by atoms with van der Waals surface area (Å²) in [5, 5.41) is 13.6. The lowest BCUT2D eigenvalue weighted by molar-refractivity contribution is -0.116. The molecule has 0 saturated heterocycles. The lowest BCUT2D eigenvalue weighted by atomic mass is 10.0. The Kier molecular flexibility index (Phi) is 7.01. The Labute approximate surface area is 191 Å². The third-order valence-corrected chi connectivity index (χ3v) is 8.86. The van der Waals surface area contributed by atoms with Crippen molar-refractivity contribution in [1.82, 2.24) is 0 Å². The number of aliphatic hydroxyl groups is 1. The van der Waals surface area contributed by atoms with Crippen molar-refractivity contribution < 1.29 is 18.3 Å². The second-order valence-corrected chi connectivity index (χ2v) is 11.3. The second kappa shape index (κ2) is 9.75. The molecular weight excluding hydrogens is 422 g/mol. The van der Waals surface area contributed by atoms with Gasteiger partial charge in [-0.1, -0.05) is 50.8 Å². The fraction of sp³-hybridized carbons (Fsp3) is 0.500. The largest absolute Gasteiger partial charge is 0.392 e. The number of carbonyl (C=O) groups excluding carboxylic acids is 1. The normalized spacial score (nSPS) is 20.9. The number of sulfone groups is 1. The molecule has 1 saturated carbocycles. The molecule has 0 spiro atoms. The van der Waals surface area contributed by atoms with Crippen molar-refractivity contribution in [2.45, 2.75) is 75.2 Å². The molecule has 0 aromatic heterocycles. The van der Waals surface area contributed by atoms with E-state index in [2.05, 4.69) is 5.32 Å². The van der Waals surface area contributed by atoms with Gasteiger partial charge in [0.05, 0.1) is 16.8 Å². The third-order valence-electron chi connectivity index (χ3n) is 7.07. The summed E-state index contributed by atoms with van der Waals surface area (Å²) in [5.41, 5.74) is 3.52. The standard InChI is InChI=1S/C26H33NO4S/c1-2-18-7-12-22(13-8-18)32(30,31)17-24-23-16-21(11-10-20(23)15-25(24)28)27-26(29)14-9-19-5-3-4-6-19/h7-8,10-13,16,19,24-25,28H,2-6,9,14-15,17H2,1H3,(H,27,29). The maximum Gasteiger partial charge on any atom is 0.224 e. The van der Waals surface area contributed by atoms with E-state index in [1.165, 1.54) is 25.7 Å². The molecule has 32 heavy (non-hydrogen) atoms. The summed E-state index contributed by atoms with van der Waals surface area (Å²) in [7, 11) is -3.55. The summed E-state index contributed by atoms with van der Waals surface area (Å²) in [6.07, 6.45) is 6.96. The van der Waals surface area contributed by atoms with E-state index in [9.17, 15) is 18.3 Å². The van der Waals surface area contributed by atoms with Crippen LogP contribution < -0.4 is 5.32 Å². The Morgan fingerprint density at radius 2 is 1.81 bits per heavy atom. The van der Waals surface area contributed by atoms with Gasteiger partial charge in [0.25, 0.3) is 0 Å². The minimum Gasteiger partial charge on any atom is -0.392 e. The highest BCUT2D eigenvalue weighted by Crippen LogP contribution is 2.37. The zero-order chi connectivity index (χ0) is 22.7. The lowest BCUT2D eigenvalue weighted by Gasteiger charge is -2.17. The smallest absolute Gasteiger partial charge is 0.224 e. The molecule has 2 atom stereocenters. The molecule has 0 aliphatic heterocycles. The molecule has 0 bridgehead atoms. The molecule has 2 unspecified atom stereocenters. The number of amides is 1. The van der Waals surface area contributed by atoms with E-state index >= 15 is 0 Å². The topological polar surface area (TPSA) is 83.5 Å². The van der Waals surface area contributed by atoms with E-state index in [0.29, 0.717) is 24.4 Å². The minimum atomic E-state index is -3.55. The number of aliphatic hydroxyl groups excluding tert-OH is 1. The van der Waals surface area contributed by atoms with Crippen LogP contribution in [-0.4, -0.2) is 31.3 Å². The number of anilines is 1. The fourth-order valence-electron chi connectivity index (χ4n) is 5.10. The van der Waals surface area contributed by atoms with Crippen LogP contribution in [0.5, 0.6) is 0 Å². The first-order chi connectivity index (χ1) is 15.4. The van der Waals surface area contributed by atoms with Gasteiger partial charge in [-0.15, -0.1) is 0 Å². The Morgan fingerprint density at radius 1 is 1.09 bits per heavy atom. The van der Waals surface area contributed by atoms with Gasteiger partial charge >= 0.3 is 0 Å². The number of fused-ring (bicyclic) bond motifs is 1. The molecule has 1 fully saturated rings. The maximum atomic E-state index is 13.0. The summed E-state index contributed by atoms with van der Waals surface area (Å²) in [6, 6.07) is 12.6. The van der Waals surface area contributed by atoms with Gasteiger partial charge in [-0.2, -0.15) is 0 Å². The predicted octanol–water partition coefficient (Wildman–Crippen LogP) is 4.63. The van der Waals surface area contributed by atoms with Crippen LogP contribution >= 0.6 is 0 Å². The van der Waals surface area contributed by atoms with Gasteiger partial charge in [-0.05, 0) is 66.1 Å². The van der Waals surface area contributed by atoms with Gasteiger partial charge in [-0.3, -0.25) is 4.79 Å². The summed E-state index contributed by atoms with van der Waals surface area (Å²) in [5.74, 6) is 0.00907. The molecule has 2 aliphatic carbocycles. The Morgan fingerprint density at radius 3 is 2.50 bits per heavy atom. The van der Waals surface area contributed by atoms with Crippen molar-refractivity contribution in [1.29, 1.82) is 0 Å². The number of aryl methyl sites for hydroxylation is 1. The molecule has 0 heterocycles. The van der Waals surface area contributed by atoms with E-state index < -0.39 is 21.9 Å². The molecule has 172 valence electrons. The highest BCUT2D eigenvalue weighted by Gasteiger charge is 2.35. The average molecular weight is 456 g/mol. The summed E-state index contributed by atoms with van der Waals surface area (Å²) in [6.45, 7) is 2.03. The van der Waals surface area contributed by atoms with Crippen molar-refractivity contribution in [3.63, 3.8) is 0 Å². The van der Waals surface area contributed by atoms with Crippen molar-refractivity contribution in [2.24, 2.45) is 5.92 Å². The zero-order valence-corrected chi connectivity index (χ0v) is 19.5. The number of hydrogen-bond acceptors (Lipinski definition) is 4. The summed E-state index contributed by atoms with van der Waals surface area (Å²) in [4.78, 5) is 12.7. The van der Waals surface area contributed by atoms with Crippen LogP contribution in [-0.2, 0) is 27.5 Å². The van der Waals surface area contributed by atoms with E-state index in [0.717, 1.165) is 29.5 Å². The van der Waals surface area contributed by atoms with Crippen molar-refractivity contribution >= 4 is 21.4 Å². The number of carbonyl (C=O) groups is 1. The van der Waals surface area contributed by atoms with Crippen molar-refractivity contribution in [3.05, 3.63) is 59.2 Å². The Bertz CT molecular complexity index is 1060. The second-order valence-electron chi connectivity index (χ2n) is 9.31. The third kappa shape index (κ3) is 5.24. The van der Waals surface area contributed by atoms with Crippen LogP contribution in [0.1, 0.15) is 68.1 Å². The Hall–Kier alpha value is -2.18. The van der Waals surface area contributed by atoms with Crippen LogP contribution in [0.4, 0.5) is 5.69 Å². The number of hydrogen-bond donors (Lipinski definition) is 2. The zero-order valence-electron chi connectivity index (χ0n) is 18.7. The number of benzene rings is 2. The molecule has 2 aromatic carbocycles. The van der Waals surface area contributed by atoms with Crippen LogP contribution in [0.3, 0.4) is 0 Å². The highest BCUT2D eigenvalue weighted by molar-refractivity contribution is 7.91. The average Bonchev–Trinajstić information content (AvgIpc) is 3.40. The molecule has 4 rings (SSSR count). The van der Waals surface area contributed by atoms with E-state index in [-0.39, 0.29) is 16.6 Å². The first-order valence-electron chi connectivity index (χ1n) is 11.8. The van der Waals surface area contributed by atoms with Gasteiger partial charge < -0.3 is 10.4 Å². The summed E-state index contributed by atoms with van der Waals surface area (Å²) < 4.78 is 26.1. The van der Waals surface area contributed by atoms with E-state index in [1.807, 2.05) is 37.3 Å². The molecule has 1 amide bonds. The summed E-state index contributed by atoms with van der Waals surface area (Å²) >= 11 is 0.